The number of aliphatic hydroxyl groups is 1. The molecule has 296 valence electrons. The summed E-state index contributed by atoms with van der Waals surface area (Å²) in [6.07, 6.45) is 35.9. The van der Waals surface area contributed by atoms with Crippen LogP contribution in [0.1, 0.15) is 220 Å². The zero-order valence-electron chi connectivity index (χ0n) is 33.7. The molecular weight excluding hydrogens is 622 g/mol. The molecule has 1 saturated heterocycles. The van der Waals surface area contributed by atoms with E-state index in [1.165, 1.54) is 128 Å². The van der Waals surface area contributed by atoms with Gasteiger partial charge in [0.25, 0.3) is 0 Å². The van der Waals surface area contributed by atoms with Gasteiger partial charge in [-0.15, -0.1) is 0 Å². The Kier molecular flexibility index (Phi) is 32.7. The molecule has 1 aliphatic rings. The number of esters is 2. The number of carbonyl (C=O) groups is 2. The molecule has 0 aromatic rings. The molecule has 0 amide bonds. The van der Waals surface area contributed by atoms with E-state index in [9.17, 15) is 14.7 Å². The number of hydrogen-bond donors (Lipinski definition) is 1. The Morgan fingerprint density at radius 3 is 1.68 bits per heavy atom. The Bertz CT molecular complexity index is 745. The molecule has 0 saturated carbocycles. The van der Waals surface area contributed by atoms with Crippen LogP contribution in [0, 0.1) is 11.8 Å². The van der Waals surface area contributed by atoms with Crippen LogP contribution in [-0.2, 0) is 19.1 Å². The van der Waals surface area contributed by atoms with Gasteiger partial charge in [0.15, 0.2) is 0 Å². The molecule has 50 heavy (non-hydrogen) atoms. The number of rotatable bonds is 36. The predicted octanol–water partition coefficient (Wildman–Crippen LogP) is 12.1. The molecule has 0 spiro atoms. The molecule has 1 aliphatic heterocycles. The quantitative estimate of drug-likeness (QED) is 0.0516. The molecule has 2 unspecified atom stereocenters. The Balaban J connectivity index is 2.34. The third kappa shape index (κ3) is 27.5. The minimum absolute atomic E-state index is 0.0167. The maximum absolute atomic E-state index is 12.9. The molecule has 2 atom stereocenters. The highest BCUT2D eigenvalue weighted by Gasteiger charge is 2.28. The standard InChI is InChI=1S/C44H85NO5/c1-4-7-10-13-16-19-27-38-49-43(47)32-26-25-29-41-39-45(36-37-46)35-34-40(41)28-21-20-24-33-44(48)50-42(30-22-17-14-11-8-5-2)31-23-18-15-12-9-6-3/h40-42,46H,4-39H2,1-3H3. The molecule has 0 aromatic carbocycles. The van der Waals surface area contributed by atoms with Crippen molar-refractivity contribution in [2.24, 2.45) is 11.8 Å². The molecule has 6 heteroatoms. The fraction of sp³-hybridized carbons (Fsp3) is 0.955. The van der Waals surface area contributed by atoms with Crippen LogP contribution in [0.5, 0.6) is 0 Å². The van der Waals surface area contributed by atoms with Crippen LogP contribution in [0.2, 0.25) is 0 Å². The lowest BCUT2D eigenvalue weighted by molar-refractivity contribution is -0.150. The predicted molar refractivity (Wildman–Crippen MR) is 211 cm³/mol. The summed E-state index contributed by atoms with van der Waals surface area (Å²) in [5.74, 6) is 1.30. The molecule has 1 N–H and O–H groups in total. The summed E-state index contributed by atoms with van der Waals surface area (Å²) in [7, 11) is 0. The first kappa shape index (κ1) is 46.9. The van der Waals surface area contributed by atoms with Crippen molar-refractivity contribution in [3.05, 3.63) is 0 Å². The number of hydrogen-bond acceptors (Lipinski definition) is 6. The molecule has 0 aromatic heterocycles. The average Bonchev–Trinajstić information content (AvgIpc) is 3.11. The van der Waals surface area contributed by atoms with E-state index in [-0.39, 0.29) is 24.6 Å². The minimum atomic E-state index is -0.0345. The smallest absolute Gasteiger partial charge is 0.306 e. The summed E-state index contributed by atoms with van der Waals surface area (Å²) in [6.45, 7) is 10.4. The second-order valence-electron chi connectivity index (χ2n) is 15.7. The number of likely N-dealkylation sites (tertiary alicyclic amines) is 1. The lowest BCUT2D eigenvalue weighted by atomic mass is 9.79. The van der Waals surface area contributed by atoms with Crippen molar-refractivity contribution in [1.82, 2.24) is 4.90 Å². The van der Waals surface area contributed by atoms with Gasteiger partial charge in [-0.3, -0.25) is 9.59 Å². The number of ether oxygens (including phenoxy) is 2. The van der Waals surface area contributed by atoms with Gasteiger partial charge in [0.2, 0.25) is 0 Å². The van der Waals surface area contributed by atoms with Crippen molar-refractivity contribution in [2.75, 3.05) is 32.8 Å². The van der Waals surface area contributed by atoms with E-state index in [1.807, 2.05) is 0 Å². The summed E-state index contributed by atoms with van der Waals surface area (Å²) in [5.41, 5.74) is 0. The topological polar surface area (TPSA) is 76.1 Å². The monoisotopic (exact) mass is 708 g/mol. The van der Waals surface area contributed by atoms with Crippen LogP contribution in [0.15, 0.2) is 0 Å². The molecule has 1 fully saturated rings. The fourth-order valence-electron chi connectivity index (χ4n) is 7.87. The maximum atomic E-state index is 12.9. The average molecular weight is 708 g/mol. The third-order valence-electron chi connectivity index (χ3n) is 11.1. The zero-order valence-corrected chi connectivity index (χ0v) is 33.7. The first-order valence-electron chi connectivity index (χ1n) is 22.2. The number of piperidine rings is 1. The first-order valence-corrected chi connectivity index (χ1v) is 22.2. The van der Waals surface area contributed by atoms with Crippen LogP contribution in [-0.4, -0.2) is 60.9 Å². The highest BCUT2D eigenvalue weighted by Crippen LogP contribution is 2.32. The van der Waals surface area contributed by atoms with Crippen LogP contribution in [0.4, 0.5) is 0 Å². The SMILES string of the molecule is CCCCCCCCCOC(=O)CCCCC1CN(CCO)CCC1CCCCCC(=O)OC(CCCCCCCC)CCCCCCCC. The van der Waals surface area contributed by atoms with Gasteiger partial charge in [-0.25, -0.2) is 0 Å². The van der Waals surface area contributed by atoms with Gasteiger partial charge in [0.1, 0.15) is 6.10 Å². The Morgan fingerprint density at radius 1 is 0.600 bits per heavy atom. The summed E-state index contributed by atoms with van der Waals surface area (Å²) in [6, 6.07) is 0. The van der Waals surface area contributed by atoms with E-state index < -0.39 is 0 Å². The van der Waals surface area contributed by atoms with Crippen molar-refractivity contribution in [3.8, 4) is 0 Å². The van der Waals surface area contributed by atoms with E-state index in [2.05, 4.69) is 25.7 Å². The number of unbranched alkanes of at least 4 members (excludes halogenated alkanes) is 19. The zero-order chi connectivity index (χ0) is 36.3. The fourth-order valence-corrected chi connectivity index (χ4v) is 7.87. The molecule has 6 nitrogen and oxygen atoms in total. The van der Waals surface area contributed by atoms with E-state index in [0.29, 0.717) is 31.3 Å². The van der Waals surface area contributed by atoms with Crippen molar-refractivity contribution in [2.45, 2.75) is 226 Å². The highest BCUT2D eigenvalue weighted by molar-refractivity contribution is 5.69. The van der Waals surface area contributed by atoms with E-state index in [1.54, 1.807) is 0 Å². The lowest BCUT2D eigenvalue weighted by Crippen LogP contribution is -2.41. The first-order chi connectivity index (χ1) is 24.5. The normalized spacial score (nSPS) is 16.7. The maximum Gasteiger partial charge on any atom is 0.306 e. The summed E-state index contributed by atoms with van der Waals surface area (Å²) in [5, 5.41) is 9.53. The molecule has 1 rings (SSSR count). The number of carbonyl (C=O) groups excluding carboxylic acids is 2. The van der Waals surface area contributed by atoms with E-state index >= 15 is 0 Å². The van der Waals surface area contributed by atoms with Crippen LogP contribution >= 0.6 is 0 Å². The van der Waals surface area contributed by atoms with Gasteiger partial charge in [0, 0.05) is 25.9 Å². The Hall–Kier alpha value is -1.14. The largest absolute Gasteiger partial charge is 0.466 e. The number of nitrogens with zero attached hydrogens (tertiary/aromatic N) is 1. The van der Waals surface area contributed by atoms with Crippen LogP contribution in [0.3, 0.4) is 0 Å². The third-order valence-corrected chi connectivity index (χ3v) is 11.1. The lowest BCUT2D eigenvalue weighted by Gasteiger charge is -2.39. The Morgan fingerprint density at radius 2 is 1.08 bits per heavy atom. The molecule has 1 heterocycles. The van der Waals surface area contributed by atoms with Crippen molar-refractivity contribution in [3.63, 3.8) is 0 Å². The van der Waals surface area contributed by atoms with Crippen molar-refractivity contribution < 1.29 is 24.2 Å². The van der Waals surface area contributed by atoms with Gasteiger partial charge >= 0.3 is 11.9 Å². The van der Waals surface area contributed by atoms with Gasteiger partial charge in [-0.2, -0.15) is 0 Å². The molecular formula is C44H85NO5. The van der Waals surface area contributed by atoms with E-state index in [4.69, 9.17) is 9.47 Å². The Labute approximate surface area is 311 Å². The van der Waals surface area contributed by atoms with Gasteiger partial charge in [-0.1, -0.05) is 149 Å². The van der Waals surface area contributed by atoms with Gasteiger partial charge in [-0.05, 0) is 76.2 Å². The highest BCUT2D eigenvalue weighted by atomic mass is 16.5. The molecule has 0 radical (unpaired) electrons. The van der Waals surface area contributed by atoms with E-state index in [0.717, 1.165) is 77.4 Å². The van der Waals surface area contributed by atoms with Crippen molar-refractivity contribution >= 4 is 11.9 Å². The summed E-state index contributed by atoms with van der Waals surface area (Å²) >= 11 is 0. The van der Waals surface area contributed by atoms with Gasteiger partial charge in [0.05, 0.1) is 13.2 Å². The van der Waals surface area contributed by atoms with Crippen LogP contribution in [0.25, 0.3) is 0 Å². The van der Waals surface area contributed by atoms with Crippen LogP contribution < -0.4 is 0 Å². The number of β-amino-alcohol motifs (C(OH)–C–C–N with tert-alkyl or cyclic N) is 1. The second-order valence-corrected chi connectivity index (χ2v) is 15.7. The van der Waals surface area contributed by atoms with Crippen molar-refractivity contribution in [1.29, 1.82) is 0 Å². The number of aliphatic hydroxyl groups excluding tert-OH is 1. The minimum Gasteiger partial charge on any atom is -0.466 e. The molecule has 0 bridgehead atoms. The summed E-state index contributed by atoms with van der Waals surface area (Å²) < 4.78 is 11.6. The summed E-state index contributed by atoms with van der Waals surface area (Å²) in [4.78, 5) is 27.5. The van der Waals surface area contributed by atoms with Gasteiger partial charge < -0.3 is 19.5 Å². The molecule has 0 aliphatic carbocycles. The second kappa shape index (κ2) is 34.9.